The molecule has 1 aliphatic rings. The highest BCUT2D eigenvalue weighted by Gasteiger charge is 2.29. The number of carboxylic acids is 1. The Balaban J connectivity index is 1.80. The third-order valence-corrected chi connectivity index (χ3v) is 4.58. The SMILES string of the molecule is O=C(O)C1CCCN(C(=O)c2cnn(-c3ccc(Cl)cc3Cl)c2)C1. The number of carbonyl (C=O) groups excluding carboxylic acids is 1. The van der Waals surface area contributed by atoms with Crippen LogP contribution in [0.15, 0.2) is 30.6 Å². The normalized spacial score (nSPS) is 17.8. The number of carbonyl (C=O) groups is 2. The number of halogens is 2. The Kier molecular flexibility index (Phi) is 4.78. The monoisotopic (exact) mass is 367 g/mol. The van der Waals surface area contributed by atoms with Crippen LogP contribution in [0.5, 0.6) is 0 Å². The molecule has 2 heterocycles. The molecule has 0 radical (unpaired) electrons. The van der Waals surface area contributed by atoms with Crippen molar-refractivity contribution < 1.29 is 14.7 Å². The molecule has 1 fully saturated rings. The molecule has 0 saturated carbocycles. The van der Waals surface area contributed by atoms with Gasteiger partial charge in [0.25, 0.3) is 5.91 Å². The summed E-state index contributed by atoms with van der Waals surface area (Å²) in [5.41, 5.74) is 1.01. The van der Waals surface area contributed by atoms with Crippen LogP contribution < -0.4 is 0 Å². The van der Waals surface area contributed by atoms with Crippen LogP contribution in [0.1, 0.15) is 23.2 Å². The maximum absolute atomic E-state index is 12.6. The zero-order chi connectivity index (χ0) is 17.3. The molecule has 0 aliphatic carbocycles. The first kappa shape index (κ1) is 16.8. The van der Waals surface area contributed by atoms with E-state index in [-0.39, 0.29) is 12.5 Å². The topological polar surface area (TPSA) is 75.4 Å². The molecule has 6 nitrogen and oxygen atoms in total. The van der Waals surface area contributed by atoms with E-state index in [2.05, 4.69) is 5.10 Å². The number of aliphatic carboxylic acids is 1. The number of benzene rings is 1. The maximum Gasteiger partial charge on any atom is 0.308 e. The Morgan fingerprint density at radius 3 is 2.79 bits per heavy atom. The van der Waals surface area contributed by atoms with E-state index in [0.717, 1.165) is 0 Å². The second-order valence-corrected chi connectivity index (χ2v) is 6.54. The van der Waals surface area contributed by atoms with Crippen molar-refractivity contribution >= 4 is 35.1 Å². The lowest BCUT2D eigenvalue weighted by atomic mass is 9.98. The number of likely N-dealkylation sites (tertiary alicyclic amines) is 1. The number of rotatable bonds is 3. The molecular formula is C16H15Cl2N3O3. The Labute approximate surface area is 148 Å². The first-order valence-corrected chi connectivity index (χ1v) is 8.23. The molecule has 2 aromatic rings. The fourth-order valence-corrected chi connectivity index (χ4v) is 3.27. The Bertz CT molecular complexity index is 791. The van der Waals surface area contributed by atoms with Gasteiger partial charge in [-0.05, 0) is 31.0 Å². The van der Waals surface area contributed by atoms with Crippen LogP contribution in [0.3, 0.4) is 0 Å². The highest BCUT2D eigenvalue weighted by atomic mass is 35.5. The lowest BCUT2D eigenvalue weighted by Crippen LogP contribution is -2.42. The first-order chi connectivity index (χ1) is 11.5. The molecule has 0 spiro atoms. The van der Waals surface area contributed by atoms with Gasteiger partial charge in [0, 0.05) is 24.3 Å². The van der Waals surface area contributed by atoms with Crippen molar-refractivity contribution in [1.29, 1.82) is 0 Å². The van der Waals surface area contributed by atoms with Crippen molar-refractivity contribution in [3.05, 3.63) is 46.2 Å². The molecule has 1 amide bonds. The maximum atomic E-state index is 12.6. The summed E-state index contributed by atoms with van der Waals surface area (Å²) >= 11 is 12.0. The summed E-state index contributed by atoms with van der Waals surface area (Å²) in [6, 6.07) is 5.00. The average molecular weight is 368 g/mol. The molecule has 1 saturated heterocycles. The van der Waals surface area contributed by atoms with E-state index in [1.807, 2.05) is 0 Å². The van der Waals surface area contributed by atoms with Crippen LogP contribution in [0.2, 0.25) is 10.0 Å². The Hall–Kier alpha value is -2.05. The molecular weight excluding hydrogens is 353 g/mol. The third kappa shape index (κ3) is 3.39. The number of hydrogen-bond donors (Lipinski definition) is 1. The summed E-state index contributed by atoms with van der Waals surface area (Å²) in [5.74, 6) is -1.60. The second-order valence-electron chi connectivity index (χ2n) is 5.70. The largest absolute Gasteiger partial charge is 0.481 e. The molecule has 1 aromatic heterocycles. The first-order valence-electron chi connectivity index (χ1n) is 7.48. The summed E-state index contributed by atoms with van der Waals surface area (Å²) in [7, 11) is 0. The van der Waals surface area contributed by atoms with Gasteiger partial charge < -0.3 is 10.0 Å². The standard InChI is InChI=1S/C16H15Cl2N3O3/c17-12-3-4-14(13(18)6-12)21-9-11(7-19-21)15(22)20-5-1-2-10(8-20)16(23)24/h3-4,6-7,9-10H,1-2,5,8H2,(H,23,24). The van der Waals surface area contributed by atoms with Gasteiger partial charge in [-0.15, -0.1) is 0 Å². The molecule has 24 heavy (non-hydrogen) atoms. The van der Waals surface area contributed by atoms with Gasteiger partial charge in [-0.1, -0.05) is 23.2 Å². The minimum absolute atomic E-state index is 0.223. The second kappa shape index (κ2) is 6.83. The number of piperidine rings is 1. The Morgan fingerprint density at radius 1 is 1.29 bits per heavy atom. The minimum atomic E-state index is -0.865. The van der Waals surface area contributed by atoms with Crippen molar-refractivity contribution in [3.63, 3.8) is 0 Å². The number of amides is 1. The molecule has 1 aromatic carbocycles. The van der Waals surface area contributed by atoms with Gasteiger partial charge in [0.1, 0.15) is 0 Å². The lowest BCUT2D eigenvalue weighted by Gasteiger charge is -2.30. The Morgan fingerprint density at radius 2 is 2.08 bits per heavy atom. The molecule has 3 rings (SSSR count). The van der Waals surface area contributed by atoms with Crippen molar-refractivity contribution in [1.82, 2.24) is 14.7 Å². The zero-order valence-corrected chi connectivity index (χ0v) is 14.2. The van der Waals surface area contributed by atoms with E-state index < -0.39 is 11.9 Å². The van der Waals surface area contributed by atoms with Crippen LogP contribution >= 0.6 is 23.2 Å². The summed E-state index contributed by atoms with van der Waals surface area (Å²) in [6.07, 6.45) is 4.32. The van der Waals surface area contributed by atoms with Crippen LogP contribution in [-0.4, -0.2) is 44.8 Å². The van der Waals surface area contributed by atoms with Crippen molar-refractivity contribution in [2.24, 2.45) is 5.92 Å². The third-order valence-electron chi connectivity index (χ3n) is 4.04. The van der Waals surface area contributed by atoms with Gasteiger partial charge in [0.2, 0.25) is 0 Å². The van der Waals surface area contributed by atoms with E-state index in [4.69, 9.17) is 28.3 Å². The molecule has 1 N–H and O–H groups in total. The number of carboxylic acid groups (broad SMARTS) is 1. The van der Waals surface area contributed by atoms with E-state index in [1.165, 1.54) is 10.9 Å². The van der Waals surface area contributed by atoms with E-state index in [9.17, 15) is 9.59 Å². The number of hydrogen-bond acceptors (Lipinski definition) is 3. The number of aromatic nitrogens is 2. The van der Waals surface area contributed by atoms with Gasteiger partial charge in [0.05, 0.1) is 28.4 Å². The smallest absolute Gasteiger partial charge is 0.308 e. The van der Waals surface area contributed by atoms with E-state index in [1.54, 1.807) is 29.3 Å². The molecule has 126 valence electrons. The van der Waals surface area contributed by atoms with Crippen molar-refractivity contribution in [3.8, 4) is 5.69 Å². The quantitative estimate of drug-likeness (QED) is 0.903. The summed E-state index contributed by atoms with van der Waals surface area (Å²) in [5, 5.41) is 14.2. The minimum Gasteiger partial charge on any atom is -0.481 e. The van der Waals surface area contributed by atoms with Crippen LogP contribution in [0.4, 0.5) is 0 Å². The van der Waals surface area contributed by atoms with E-state index >= 15 is 0 Å². The predicted molar refractivity (Wildman–Crippen MR) is 89.8 cm³/mol. The molecule has 8 heteroatoms. The zero-order valence-electron chi connectivity index (χ0n) is 12.7. The number of nitrogens with zero attached hydrogens (tertiary/aromatic N) is 3. The van der Waals surface area contributed by atoms with Crippen molar-refractivity contribution in [2.75, 3.05) is 13.1 Å². The van der Waals surface area contributed by atoms with Gasteiger partial charge >= 0.3 is 5.97 Å². The summed E-state index contributed by atoms with van der Waals surface area (Å²) in [6.45, 7) is 0.774. The van der Waals surface area contributed by atoms with Gasteiger partial charge in [0.15, 0.2) is 0 Å². The van der Waals surface area contributed by atoms with Gasteiger partial charge in [-0.3, -0.25) is 9.59 Å². The highest BCUT2D eigenvalue weighted by molar-refractivity contribution is 6.35. The van der Waals surface area contributed by atoms with Crippen LogP contribution in [0.25, 0.3) is 5.69 Å². The molecule has 1 unspecified atom stereocenters. The fraction of sp³-hybridized carbons (Fsp3) is 0.312. The van der Waals surface area contributed by atoms with Crippen molar-refractivity contribution in [2.45, 2.75) is 12.8 Å². The highest BCUT2D eigenvalue weighted by Crippen LogP contribution is 2.25. The fourth-order valence-electron chi connectivity index (χ4n) is 2.78. The molecule has 1 atom stereocenters. The molecule has 1 aliphatic heterocycles. The summed E-state index contributed by atoms with van der Waals surface area (Å²) < 4.78 is 1.50. The van der Waals surface area contributed by atoms with E-state index in [0.29, 0.717) is 40.7 Å². The summed E-state index contributed by atoms with van der Waals surface area (Å²) in [4.78, 5) is 25.3. The van der Waals surface area contributed by atoms with Crippen LogP contribution in [0, 0.1) is 5.92 Å². The molecule has 0 bridgehead atoms. The predicted octanol–water partition coefficient (Wildman–Crippen LogP) is 3.12. The van der Waals surface area contributed by atoms with Crippen LogP contribution in [-0.2, 0) is 4.79 Å². The average Bonchev–Trinajstić information content (AvgIpc) is 3.04. The van der Waals surface area contributed by atoms with Gasteiger partial charge in [-0.2, -0.15) is 5.10 Å². The lowest BCUT2D eigenvalue weighted by molar-refractivity contribution is -0.143. The van der Waals surface area contributed by atoms with Gasteiger partial charge in [-0.25, -0.2) is 4.68 Å².